The number of aromatic nitrogens is 2. The molecule has 0 bridgehead atoms. The Morgan fingerprint density at radius 3 is 2.42 bits per heavy atom. The second kappa shape index (κ2) is 5.38. The summed E-state index contributed by atoms with van der Waals surface area (Å²) in [6, 6.07) is 17.2. The Bertz CT molecular complexity index is 1040. The summed E-state index contributed by atoms with van der Waals surface area (Å²) in [5, 5.41) is 24.0. The van der Waals surface area contributed by atoms with Crippen LogP contribution in [-0.2, 0) is 0 Å². The number of phenols is 2. The van der Waals surface area contributed by atoms with Crippen LogP contribution in [0.25, 0.3) is 27.7 Å². The Morgan fingerprint density at radius 1 is 0.875 bits per heavy atom. The third-order valence-corrected chi connectivity index (χ3v) is 3.93. The molecule has 1 heterocycles. The fourth-order valence-corrected chi connectivity index (χ4v) is 2.72. The van der Waals surface area contributed by atoms with Gasteiger partial charge in [0.15, 0.2) is 11.6 Å². The van der Waals surface area contributed by atoms with Crippen LogP contribution in [0.4, 0.5) is 4.39 Å². The number of halogens is 1. The molecule has 4 nitrogen and oxygen atoms in total. The van der Waals surface area contributed by atoms with Crippen molar-refractivity contribution in [1.82, 2.24) is 9.78 Å². The molecule has 4 aromatic rings. The molecule has 1 aromatic heterocycles. The van der Waals surface area contributed by atoms with E-state index in [1.54, 1.807) is 29.1 Å². The maximum Gasteiger partial charge on any atom is 0.165 e. The number of rotatable bonds is 2. The minimum atomic E-state index is -0.665. The summed E-state index contributed by atoms with van der Waals surface area (Å²) in [4.78, 5) is 0. The van der Waals surface area contributed by atoms with E-state index in [1.165, 1.54) is 12.1 Å². The van der Waals surface area contributed by atoms with Gasteiger partial charge in [0.05, 0.1) is 17.4 Å². The van der Waals surface area contributed by atoms with Crippen molar-refractivity contribution in [2.45, 2.75) is 0 Å². The van der Waals surface area contributed by atoms with Crippen molar-refractivity contribution in [1.29, 1.82) is 0 Å². The van der Waals surface area contributed by atoms with Crippen LogP contribution in [-0.4, -0.2) is 20.0 Å². The Kier molecular flexibility index (Phi) is 3.20. The van der Waals surface area contributed by atoms with Gasteiger partial charge in [0, 0.05) is 11.5 Å². The van der Waals surface area contributed by atoms with Crippen molar-refractivity contribution in [3.05, 3.63) is 72.7 Å². The van der Waals surface area contributed by atoms with Crippen molar-refractivity contribution >= 4 is 10.9 Å². The standard InChI is InChI=1S/C19H13FN2O2/c20-17-9-14-11-21-22(18(14)10-19(17)24)15-6-4-12(5-7-15)13-2-1-3-16(23)8-13/h1-11,23-24H. The molecule has 24 heavy (non-hydrogen) atoms. The van der Waals surface area contributed by atoms with Crippen LogP contribution in [0, 0.1) is 5.82 Å². The molecule has 3 aromatic carbocycles. The first-order valence-corrected chi connectivity index (χ1v) is 7.38. The van der Waals surface area contributed by atoms with Gasteiger partial charge in [-0.25, -0.2) is 9.07 Å². The second-order valence-electron chi connectivity index (χ2n) is 5.52. The molecule has 0 unspecified atom stereocenters. The molecule has 0 saturated heterocycles. The molecule has 0 atom stereocenters. The lowest BCUT2D eigenvalue weighted by Gasteiger charge is -2.07. The molecule has 0 amide bonds. The van der Waals surface area contributed by atoms with Gasteiger partial charge in [0.2, 0.25) is 0 Å². The lowest BCUT2D eigenvalue weighted by atomic mass is 10.1. The van der Waals surface area contributed by atoms with Crippen LogP contribution in [0.2, 0.25) is 0 Å². The van der Waals surface area contributed by atoms with Crippen LogP contribution in [0.5, 0.6) is 11.5 Å². The number of hydrogen-bond donors (Lipinski definition) is 2. The van der Waals surface area contributed by atoms with Gasteiger partial charge in [-0.3, -0.25) is 0 Å². The van der Waals surface area contributed by atoms with Crippen LogP contribution >= 0.6 is 0 Å². The molecule has 4 rings (SSSR count). The highest BCUT2D eigenvalue weighted by Gasteiger charge is 2.10. The Labute approximate surface area is 137 Å². The highest BCUT2D eigenvalue weighted by atomic mass is 19.1. The van der Waals surface area contributed by atoms with E-state index >= 15 is 0 Å². The van der Waals surface area contributed by atoms with Crippen molar-refractivity contribution < 1.29 is 14.6 Å². The minimum absolute atomic E-state index is 0.215. The van der Waals surface area contributed by atoms with E-state index < -0.39 is 11.6 Å². The minimum Gasteiger partial charge on any atom is -0.508 e. The van der Waals surface area contributed by atoms with Gasteiger partial charge >= 0.3 is 0 Å². The summed E-state index contributed by atoms with van der Waals surface area (Å²) in [6.07, 6.45) is 1.56. The Morgan fingerprint density at radius 2 is 1.67 bits per heavy atom. The lowest BCUT2D eigenvalue weighted by Crippen LogP contribution is -1.95. The fraction of sp³-hybridized carbons (Fsp3) is 0. The van der Waals surface area contributed by atoms with E-state index in [0.717, 1.165) is 16.8 Å². The largest absolute Gasteiger partial charge is 0.508 e. The summed E-state index contributed by atoms with van der Waals surface area (Å²) in [7, 11) is 0. The lowest BCUT2D eigenvalue weighted by molar-refractivity contribution is 0.433. The van der Waals surface area contributed by atoms with Gasteiger partial charge in [0.25, 0.3) is 0 Å². The van der Waals surface area contributed by atoms with Crippen LogP contribution in [0.1, 0.15) is 0 Å². The van der Waals surface area contributed by atoms with Crippen molar-refractivity contribution in [2.75, 3.05) is 0 Å². The predicted octanol–water partition coefficient (Wildman–Crippen LogP) is 4.24. The van der Waals surface area contributed by atoms with Crippen molar-refractivity contribution in [2.24, 2.45) is 0 Å². The van der Waals surface area contributed by atoms with Gasteiger partial charge in [-0.1, -0.05) is 24.3 Å². The van der Waals surface area contributed by atoms with E-state index in [0.29, 0.717) is 10.9 Å². The number of aromatic hydroxyl groups is 2. The first-order valence-electron chi connectivity index (χ1n) is 7.38. The first-order chi connectivity index (χ1) is 11.6. The number of hydrogen-bond acceptors (Lipinski definition) is 3. The molecule has 0 aliphatic heterocycles. The summed E-state index contributed by atoms with van der Waals surface area (Å²) in [5.74, 6) is -0.853. The number of fused-ring (bicyclic) bond motifs is 1. The van der Waals surface area contributed by atoms with E-state index in [9.17, 15) is 14.6 Å². The monoisotopic (exact) mass is 320 g/mol. The zero-order valence-electron chi connectivity index (χ0n) is 12.5. The van der Waals surface area contributed by atoms with Gasteiger partial charge in [-0.05, 0) is 41.5 Å². The SMILES string of the molecule is Oc1cccc(-c2ccc(-n3ncc4cc(F)c(O)cc43)cc2)c1. The predicted molar refractivity (Wildman–Crippen MR) is 89.8 cm³/mol. The van der Waals surface area contributed by atoms with Crippen LogP contribution < -0.4 is 0 Å². The Balaban J connectivity index is 1.77. The average Bonchev–Trinajstić information content (AvgIpc) is 2.98. The molecule has 0 aliphatic carbocycles. The smallest absolute Gasteiger partial charge is 0.165 e. The molecular formula is C19H13FN2O2. The molecule has 0 aliphatic rings. The molecule has 0 radical (unpaired) electrons. The molecule has 118 valence electrons. The maximum absolute atomic E-state index is 13.4. The highest BCUT2D eigenvalue weighted by molar-refractivity contribution is 5.82. The number of phenolic OH excluding ortho intramolecular Hbond substituents is 2. The fourth-order valence-electron chi connectivity index (χ4n) is 2.72. The molecule has 0 spiro atoms. The zero-order valence-corrected chi connectivity index (χ0v) is 12.5. The van der Waals surface area contributed by atoms with Crippen LogP contribution in [0.3, 0.4) is 0 Å². The number of nitrogens with zero attached hydrogens (tertiary/aromatic N) is 2. The van der Waals surface area contributed by atoms with E-state index in [2.05, 4.69) is 5.10 Å². The highest BCUT2D eigenvalue weighted by Crippen LogP contribution is 2.27. The third kappa shape index (κ3) is 2.36. The van der Waals surface area contributed by atoms with Gasteiger partial charge in [-0.15, -0.1) is 0 Å². The normalized spacial score (nSPS) is 11.0. The molecule has 5 heteroatoms. The molecule has 2 N–H and O–H groups in total. The van der Waals surface area contributed by atoms with Gasteiger partial charge in [0.1, 0.15) is 5.75 Å². The summed E-state index contributed by atoms with van der Waals surface area (Å²) >= 11 is 0. The topological polar surface area (TPSA) is 58.3 Å². The molecule has 0 fully saturated rings. The van der Waals surface area contributed by atoms with Gasteiger partial charge < -0.3 is 10.2 Å². The Hall–Kier alpha value is -3.34. The van der Waals surface area contributed by atoms with E-state index in [-0.39, 0.29) is 5.75 Å². The van der Waals surface area contributed by atoms with E-state index in [4.69, 9.17) is 0 Å². The second-order valence-corrected chi connectivity index (χ2v) is 5.52. The summed E-state index contributed by atoms with van der Waals surface area (Å²) in [6.45, 7) is 0. The molecular weight excluding hydrogens is 307 g/mol. The van der Waals surface area contributed by atoms with Crippen molar-refractivity contribution in [3.8, 4) is 28.3 Å². The van der Waals surface area contributed by atoms with Crippen LogP contribution in [0.15, 0.2) is 66.9 Å². The van der Waals surface area contributed by atoms with Gasteiger partial charge in [-0.2, -0.15) is 5.10 Å². The number of benzene rings is 3. The summed E-state index contributed by atoms with van der Waals surface area (Å²) < 4.78 is 15.1. The maximum atomic E-state index is 13.4. The summed E-state index contributed by atoms with van der Waals surface area (Å²) in [5.41, 5.74) is 3.28. The van der Waals surface area contributed by atoms with Crippen molar-refractivity contribution in [3.63, 3.8) is 0 Å². The average molecular weight is 320 g/mol. The zero-order chi connectivity index (χ0) is 16.7. The first kappa shape index (κ1) is 14.3. The third-order valence-electron chi connectivity index (χ3n) is 3.93. The van der Waals surface area contributed by atoms with E-state index in [1.807, 2.05) is 30.3 Å². The quantitative estimate of drug-likeness (QED) is 0.581. The molecule has 0 saturated carbocycles.